The Morgan fingerprint density at radius 3 is 1.93 bits per heavy atom. The molecule has 148 valence electrons. The second-order valence-corrected chi connectivity index (χ2v) is 6.82. The second-order valence-electron chi connectivity index (χ2n) is 6.82. The number of carbonyl (C=O) groups excluding carboxylic acids is 2. The van der Waals surface area contributed by atoms with Crippen LogP contribution in [-0.4, -0.2) is 58.8 Å². The molecule has 0 aromatic rings. The van der Waals surface area contributed by atoms with Crippen molar-refractivity contribution in [3.8, 4) is 0 Å². The molecule has 27 heavy (non-hydrogen) atoms. The number of nitrogens with zero attached hydrogens (tertiary/aromatic N) is 2. The molecule has 0 bridgehead atoms. The van der Waals surface area contributed by atoms with E-state index in [9.17, 15) is 19.4 Å². The summed E-state index contributed by atoms with van der Waals surface area (Å²) in [6.45, 7) is 1.08. The van der Waals surface area contributed by atoms with Crippen LogP contribution in [0.25, 0.3) is 0 Å². The van der Waals surface area contributed by atoms with E-state index in [4.69, 9.17) is 0 Å². The molecule has 5 unspecified atom stereocenters. The fraction of sp³-hybridized carbons (Fsp3) is 0.818. The Hall–Kier alpha value is -2.50. The molecule has 5 atom stereocenters. The second kappa shape index (κ2) is 7.25. The Balaban J connectivity index is 1.70. The van der Waals surface area contributed by atoms with Gasteiger partial charge in [-0.3, -0.25) is 9.59 Å². The molecule has 0 radical (unpaired) electrons. The van der Waals surface area contributed by atoms with Crippen LogP contribution >= 0.6 is 0 Å². The third-order valence-corrected chi connectivity index (χ3v) is 5.30. The van der Waals surface area contributed by atoms with Crippen molar-refractivity contribution in [1.29, 1.82) is 0 Å². The zero-order chi connectivity index (χ0) is 19.0. The van der Waals surface area contributed by atoms with Crippen molar-refractivity contribution in [2.24, 2.45) is 11.8 Å². The van der Waals surface area contributed by atoms with E-state index in [-0.39, 0.29) is 12.1 Å². The predicted molar refractivity (Wildman–Crippen MR) is 85.1 cm³/mol. The standard InChI is InChI=1S/C11H20N12O4/c24-10-8(22(26)20-16-10)7(9-11(25)17-21-23(9)27)5(6-3-13-19-15-6)1-4-2-12-18-14-4/h4-9H,1-3H2,(H8-2,12,13,14,15,16,17,18,19,20,21,24,25,26,27)/p+2. The number of carbonyl (C=O) groups is 2. The van der Waals surface area contributed by atoms with Gasteiger partial charge >= 0.3 is 23.9 Å². The van der Waals surface area contributed by atoms with Crippen LogP contribution < -0.4 is 54.7 Å². The molecule has 2 amide bonds. The van der Waals surface area contributed by atoms with Crippen LogP contribution in [0.2, 0.25) is 0 Å². The zero-order valence-electron chi connectivity index (χ0n) is 14.1. The lowest BCUT2D eigenvalue weighted by Gasteiger charge is -2.30. The highest BCUT2D eigenvalue weighted by atomic mass is 16.4. The summed E-state index contributed by atoms with van der Waals surface area (Å²) >= 11 is 0. The van der Waals surface area contributed by atoms with E-state index in [0.717, 1.165) is 0 Å². The first-order valence-electron chi connectivity index (χ1n) is 8.57. The summed E-state index contributed by atoms with van der Waals surface area (Å²) in [5.74, 6) is -2.50. The highest BCUT2D eigenvalue weighted by Crippen LogP contribution is 2.32. The first-order chi connectivity index (χ1) is 13.1. The summed E-state index contributed by atoms with van der Waals surface area (Å²) in [5, 5.41) is 0. The van der Waals surface area contributed by atoms with E-state index in [1.165, 1.54) is 0 Å². The Kier molecular flexibility index (Phi) is 4.81. The molecule has 4 aliphatic rings. The van der Waals surface area contributed by atoms with Gasteiger partial charge < -0.3 is 0 Å². The minimum atomic E-state index is -1.26. The summed E-state index contributed by atoms with van der Waals surface area (Å²) in [6.07, 6.45) is 0.487. The third-order valence-electron chi connectivity index (χ3n) is 5.30. The molecular weight excluding hydrogens is 364 g/mol. The summed E-state index contributed by atoms with van der Waals surface area (Å²) in [5.41, 5.74) is 26.5. The molecule has 0 aromatic heterocycles. The Labute approximate surface area is 152 Å². The van der Waals surface area contributed by atoms with Crippen LogP contribution in [-0.2, 0) is 9.59 Å². The fourth-order valence-electron chi connectivity index (χ4n) is 4.08. The number of hydrazine groups is 8. The summed E-state index contributed by atoms with van der Waals surface area (Å²) < 4.78 is 0. The molecule has 4 aliphatic heterocycles. The van der Waals surface area contributed by atoms with Crippen LogP contribution in [0.1, 0.15) is 6.42 Å². The van der Waals surface area contributed by atoms with Gasteiger partial charge in [0.05, 0.1) is 9.81 Å². The molecule has 4 fully saturated rings. The van der Waals surface area contributed by atoms with E-state index in [1.807, 2.05) is 0 Å². The van der Waals surface area contributed by atoms with Crippen molar-refractivity contribution in [2.45, 2.75) is 30.6 Å². The molecule has 0 saturated carbocycles. The number of amides is 2. The van der Waals surface area contributed by atoms with Gasteiger partial charge in [-0.2, -0.15) is 11.1 Å². The quantitative estimate of drug-likeness (QED) is 0.194. The molecule has 16 heteroatoms. The fourth-order valence-corrected chi connectivity index (χ4v) is 4.08. The lowest BCUT2D eigenvalue weighted by molar-refractivity contribution is -0.659. The average molecular weight is 386 g/mol. The van der Waals surface area contributed by atoms with Gasteiger partial charge in [-0.05, 0) is 12.3 Å². The Morgan fingerprint density at radius 2 is 1.48 bits per heavy atom. The molecule has 4 rings (SSSR count). The van der Waals surface area contributed by atoms with Crippen molar-refractivity contribution in [3.05, 3.63) is 9.81 Å². The highest BCUT2D eigenvalue weighted by Gasteiger charge is 2.64. The summed E-state index contributed by atoms with van der Waals surface area (Å²) in [7, 11) is 0. The molecule has 0 aromatic carbocycles. The van der Waals surface area contributed by atoms with Crippen LogP contribution in [0.15, 0.2) is 0 Å². The zero-order valence-corrected chi connectivity index (χ0v) is 14.1. The van der Waals surface area contributed by atoms with Gasteiger partial charge in [-0.25, -0.2) is 32.6 Å². The van der Waals surface area contributed by atoms with Crippen LogP contribution in [0.3, 0.4) is 0 Å². The smallest absolute Gasteiger partial charge is 0.265 e. The maximum Gasteiger partial charge on any atom is 0.325 e. The van der Waals surface area contributed by atoms with E-state index >= 15 is 0 Å². The highest BCUT2D eigenvalue weighted by molar-refractivity contribution is 5.85. The van der Waals surface area contributed by atoms with Gasteiger partial charge in [-0.15, -0.1) is 0 Å². The monoisotopic (exact) mass is 386 g/mol. The topological polar surface area (TPSA) is 195 Å². The largest absolute Gasteiger partial charge is 0.325 e. The lowest BCUT2D eigenvalue weighted by atomic mass is 9.73. The van der Waals surface area contributed by atoms with Gasteiger partial charge in [0.2, 0.25) is 0 Å². The van der Waals surface area contributed by atoms with Crippen molar-refractivity contribution < 1.29 is 19.3 Å². The first-order valence-corrected chi connectivity index (χ1v) is 8.57. The van der Waals surface area contributed by atoms with E-state index in [1.54, 1.807) is 0 Å². The normalized spacial score (nSPS) is 35.6. The minimum absolute atomic E-state index is 0.0325. The Bertz CT molecular complexity index is 579. The minimum Gasteiger partial charge on any atom is -0.265 e. The SMILES string of the molecule is O=C1NN[N+](=O)C1C(C(CC1CNNN1)C1CNNN1)C1C(=O)NN[N+]1=O. The number of hydrogen-bond acceptors (Lipinski definition) is 10. The van der Waals surface area contributed by atoms with Gasteiger partial charge in [-0.1, -0.05) is 11.1 Å². The Morgan fingerprint density at radius 1 is 0.889 bits per heavy atom. The number of hydrogen-bond donors (Lipinski definition) is 10. The van der Waals surface area contributed by atoms with Gasteiger partial charge in [0.1, 0.15) is 15.7 Å². The maximum atomic E-state index is 12.4. The van der Waals surface area contributed by atoms with E-state index in [2.05, 4.69) is 54.7 Å². The van der Waals surface area contributed by atoms with Crippen molar-refractivity contribution in [1.82, 2.24) is 54.7 Å². The summed E-state index contributed by atoms with van der Waals surface area (Å²) in [6, 6.07) is -2.78. The molecule has 16 nitrogen and oxygen atoms in total. The molecular formula is C11H22N12O4+2. The van der Waals surface area contributed by atoms with Crippen LogP contribution in [0.4, 0.5) is 0 Å². The van der Waals surface area contributed by atoms with Crippen molar-refractivity contribution >= 4 is 11.8 Å². The predicted octanol–water partition coefficient (Wildman–Crippen LogP) is -6.04. The van der Waals surface area contributed by atoms with Crippen molar-refractivity contribution in [2.75, 3.05) is 13.1 Å². The van der Waals surface area contributed by atoms with Crippen molar-refractivity contribution in [3.63, 3.8) is 0 Å². The van der Waals surface area contributed by atoms with Gasteiger partial charge in [0.15, 0.2) is 0 Å². The molecule has 0 aliphatic carbocycles. The van der Waals surface area contributed by atoms with E-state index in [0.29, 0.717) is 29.2 Å². The first kappa shape index (κ1) is 17.9. The molecule has 0 spiro atoms. The number of nitrogens with one attached hydrogen (secondary N) is 10. The third kappa shape index (κ3) is 3.29. The van der Waals surface area contributed by atoms with Gasteiger partial charge in [0.25, 0.3) is 0 Å². The van der Waals surface area contributed by atoms with Crippen LogP contribution in [0, 0.1) is 21.6 Å². The van der Waals surface area contributed by atoms with Gasteiger partial charge in [0, 0.05) is 25.2 Å². The molecule has 4 saturated heterocycles. The molecule has 4 heterocycles. The molecule has 10 N–H and O–H groups in total. The van der Waals surface area contributed by atoms with E-state index < -0.39 is 35.7 Å². The number of rotatable bonds is 6. The lowest BCUT2D eigenvalue weighted by Crippen LogP contribution is -2.56. The van der Waals surface area contributed by atoms with Crippen LogP contribution in [0.5, 0.6) is 0 Å². The average Bonchev–Trinajstić information content (AvgIpc) is 3.42. The summed E-state index contributed by atoms with van der Waals surface area (Å²) in [4.78, 5) is 50.1. The maximum absolute atomic E-state index is 12.4. The number of nitroso groups, excluding NO2 is 2.